The molecule has 2 fully saturated rings. The molecule has 0 aromatic carbocycles. The number of hydrogen-bond acceptors (Lipinski definition) is 1. The first-order valence-corrected chi connectivity index (χ1v) is 7.21. The molecule has 5 heteroatoms. The van der Waals surface area contributed by atoms with Gasteiger partial charge in [-0.1, -0.05) is 0 Å². The molecule has 0 radical (unpaired) electrons. The number of amides is 1. The zero-order valence-electron chi connectivity index (χ0n) is 10.5. The monoisotopic (exact) mass is 279 g/mol. The minimum absolute atomic E-state index is 0.0497. The highest BCUT2D eigenvalue weighted by Gasteiger charge is 2.43. The SMILES string of the molecule is O=C(NCC1(CCCl)CC1)C1CCC(F)(F)CC1. The van der Waals surface area contributed by atoms with E-state index in [1.807, 2.05) is 0 Å². The molecule has 0 aromatic heterocycles. The predicted octanol–water partition coefficient (Wildman–Crippen LogP) is 3.34. The molecule has 1 N–H and O–H groups in total. The maximum atomic E-state index is 13.0. The van der Waals surface area contributed by atoms with Crippen molar-refractivity contribution in [2.45, 2.75) is 50.9 Å². The molecule has 18 heavy (non-hydrogen) atoms. The second-order valence-corrected chi connectivity index (χ2v) is 6.16. The number of rotatable bonds is 5. The number of carbonyl (C=O) groups is 1. The Bertz CT molecular complexity index is 308. The Morgan fingerprint density at radius 3 is 2.33 bits per heavy atom. The molecule has 0 atom stereocenters. The molecule has 0 spiro atoms. The maximum Gasteiger partial charge on any atom is 0.248 e. The number of hydrogen-bond donors (Lipinski definition) is 1. The van der Waals surface area contributed by atoms with Gasteiger partial charge in [0.2, 0.25) is 11.8 Å². The molecule has 2 saturated carbocycles. The Morgan fingerprint density at radius 2 is 1.83 bits per heavy atom. The van der Waals surface area contributed by atoms with Crippen molar-refractivity contribution in [3.8, 4) is 0 Å². The summed E-state index contributed by atoms with van der Waals surface area (Å²) in [6, 6.07) is 0. The molecule has 0 aromatic rings. The van der Waals surface area contributed by atoms with E-state index in [-0.39, 0.29) is 30.1 Å². The Hall–Kier alpha value is -0.380. The Kier molecular flexibility index (Phi) is 4.15. The third-order valence-corrected chi connectivity index (χ3v) is 4.50. The normalized spacial score (nSPS) is 25.7. The van der Waals surface area contributed by atoms with Crippen molar-refractivity contribution in [3.05, 3.63) is 0 Å². The van der Waals surface area contributed by atoms with Gasteiger partial charge in [-0.15, -0.1) is 11.6 Å². The molecule has 0 saturated heterocycles. The Balaban J connectivity index is 1.72. The standard InChI is InChI=1S/C13H20ClF2NO/c14-8-7-12(5-6-12)9-17-11(18)10-1-3-13(15,16)4-2-10/h10H,1-9H2,(H,17,18). The van der Waals surface area contributed by atoms with Crippen LogP contribution in [0.1, 0.15) is 44.9 Å². The number of halogens is 3. The van der Waals surface area contributed by atoms with Crippen molar-refractivity contribution in [2.75, 3.05) is 12.4 Å². The van der Waals surface area contributed by atoms with E-state index in [0.29, 0.717) is 25.3 Å². The number of carbonyl (C=O) groups excluding carboxylic acids is 1. The summed E-state index contributed by atoms with van der Waals surface area (Å²) in [6.07, 6.45) is 3.46. The van der Waals surface area contributed by atoms with Gasteiger partial charge < -0.3 is 5.32 Å². The van der Waals surface area contributed by atoms with Crippen LogP contribution in [-0.2, 0) is 4.79 Å². The molecule has 0 unspecified atom stereocenters. The maximum absolute atomic E-state index is 13.0. The van der Waals surface area contributed by atoms with Gasteiger partial charge >= 0.3 is 0 Å². The van der Waals surface area contributed by atoms with E-state index in [4.69, 9.17) is 11.6 Å². The zero-order chi connectivity index (χ0) is 13.2. The molecule has 0 bridgehead atoms. The van der Waals surface area contributed by atoms with Gasteiger partial charge in [-0.25, -0.2) is 8.78 Å². The first-order valence-electron chi connectivity index (χ1n) is 6.68. The van der Waals surface area contributed by atoms with Gasteiger partial charge in [0.05, 0.1) is 0 Å². The smallest absolute Gasteiger partial charge is 0.248 e. The van der Waals surface area contributed by atoms with Crippen molar-refractivity contribution in [1.82, 2.24) is 5.32 Å². The van der Waals surface area contributed by atoms with E-state index >= 15 is 0 Å². The van der Waals surface area contributed by atoms with Gasteiger partial charge in [-0.05, 0) is 37.5 Å². The molecule has 2 aliphatic rings. The minimum Gasteiger partial charge on any atom is -0.355 e. The van der Waals surface area contributed by atoms with Crippen molar-refractivity contribution in [3.63, 3.8) is 0 Å². The summed E-state index contributed by atoms with van der Waals surface area (Å²) in [6.45, 7) is 0.658. The van der Waals surface area contributed by atoms with Gasteiger partial charge in [-0.2, -0.15) is 0 Å². The fourth-order valence-corrected chi connectivity index (χ4v) is 3.01. The summed E-state index contributed by atoms with van der Waals surface area (Å²) >= 11 is 5.73. The molecule has 2 rings (SSSR count). The largest absolute Gasteiger partial charge is 0.355 e. The second kappa shape index (κ2) is 5.32. The lowest BCUT2D eigenvalue weighted by Gasteiger charge is -2.28. The summed E-state index contributed by atoms with van der Waals surface area (Å²) in [5.41, 5.74) is 0.204. The molecular formula is C13H20ClF2NO. The van der Waals surface area contributed by atoms with E-state index in [9.17, 15) is 13.6 Å². The lowest BCUT2D eigenvalue weighted by Crippen LogP contribution is -2.38. The van der Waals surface area contributed by atoms with Gasteiger partial charge in [-0.3, -0.25) is 4.79 Å². The quantitative estimate of drug-likeness (QED) is 0.769. The first-order chi connectivity index (χ1) is 8.46. The Morgan fingerprint density at radius 1 is 1.22 bits per heavy atom. The summed E-state index contributed by atoms with van der Waals surface area (Å²) in [5, 5.41) is 2.92. The van der Waals surface area contributed by atoms with Crippen molar-refractivity contribution >= 4 is 17.5 Å². The van der Waals surface area contributed by atoms with Crippen LogP contribution in [0.3, 0.4) is 0 Å². The van der Waals surface area contributed by atoms with Crippen LogP contribution in [0.25, 0.3) is 0 Å². The van der Waals surface area contributed by atoms with Crippen LogP contribution in [0.5, 0.6) is 0 Å². The number of nitrogens with one attached hydrogen (secondary N) is 1. The van der Waals surface area contributed by atoms with Crippen LogP contribution in [0.15, 0.2) is 0 Å². The van der Waals surface area contributed by atoms with Crippen molar-refractivity contribution < 1.29 is 13.6 Å². The van der Waals surface area contributed by atoms with Gasteiger partial charge in [0.15, 0.2) is 0 Å². The topological polar surface area (TPSA) is 29.1 Å². The Labute approximate surface area is 111 Å². The predicted molar refractivity (Wildman–Crippen MR) is 66.9 cm³/mol. The summed E-state index contributed by atoms with van der Waals surface area (Å²) in [7, 11) is 0. The highest BCUT2D eigenvalue weighted by molar-refractivity contribution is 6.17. The second-order valence-electron chi connectivity index (χ2n) is 5.79. The third-order valence-electron chi connectivity index (χ3n) is 4.31. The van der Waals surface area contributed by atoms with Crippen LogP contribution in [0.4, 0.5) is 8.78 Å². The lowest BCUT2D eigenvalue weighted by molar-refractivity contribution is -0.129. The molecule has 2 aliphatic carbocycles. The summed E-state index contributed by atoms with van der Waals surface area (Å²) in [5.74, 6) is -2.22. The van der Waals surface area contributed by atoms with Crippen molar-refractivity contribution in [1.29, 1.82) is 0 Å². The zero-order valence-corrected chi connectivity index (χ0v) is 11.2. The minimum atomic E-state index is -2.56. The molecule has 1 amide bonds. The molecule has 2 nitrogen and oxygen atoms in total. The average molecular weight is 280 g/mol. The molecule has 104 valence electrons. The van der Waals surface area contributed by atoms with E-state index in [2.05, 4.69) is 5.32 Å². The third kappa shape index (κ3) is 3.56. The van der Waals surface area contributed by atoms with Gasteiger partial charge in [0.25, 0.3) is 0 Å². The lowest BCUT2D eigenvalue weighted by atomic mass is 9.86. The van der Waals surface area contributed by atoms with E-state index in [1.165, 1.54) is 0 Å². The number of alkyl halides is 3. The summed E-state index contributed by atoms with van der Waals surface area (Å²) < 4.78 is 26.0. The van der Waals surface area contributed by atoms with Gasteiger partial charge in [0, 0.05) is 31.2 Å². The van der Waals surface area contributed by atoms with Crippen LogP contribution >= 0.6 is 11.6 Å². The van der Waals surface area contributed by atoms with Crippen molar-refractivity contribution in [2.24, 2.45) is 11.3 Å². The van der Waals surface area contributed by atoms with Crippen LogP contribution in [0.2, 0.25) is 0 Å². The molecule has 0 aliphatic heterocycles. The highest BCUT2D eigenvalue weighted by Crippen LogP contribution is 2.48. The summed E-state index contributed by atoms with van der Waals surface area (Å²) in [4.78, 5) is 11.9. The van der Waals surface area contributed by atoms with E-state index in [1.54, 1.807) is 0 Å². The van der Waals surface area contributed by atoms with E-state index in [0.717, 1.165) is 19.3 Å². The fourth-order valence-electron chi connectivity index (χ4n) is 2.61. The highest BCUT2D eigenvalue weighted by atomic mass is 35.5. The first kappa shape index (κ1) is 14.0. The molecular weight excluding hydrogens is 260 g/mol. The van der Waals surface area contributed by atoms with Crippen LogP contribution in [0, 0.1) is 11.3 Å². The van der Waals surface area contributed by atoms with Crippen LogP contribution in [-0.4, -0.2) is 24.3 Å². The van der Waals surface area contributed by atoms with E-state index < -0.39 is 5.92 Å². The van der Waals surface area contributed by atoms with Crippen LogP contribution < -0.4 is 5.32 Å². The average Bonchev–Trinajstić information content (AvgIpc) is 3.07. The molecule has 0 heterocycles. The van der Waals surface area contributed by atoms with Gasteiger partial charge in [0.1, 0.15) is 0 Å². The fraction of sp³-hybridized carbons (Fsp3) is 0.923.